The van der Waals surface area contributed by atoms with Crippen LogP contribution in [-0.2, 0) is 6.42 Å². The first kappa shape index (κ1) is 14.2. The van der Waals surface area contributed by atoms with Gasteiger partial charge in [0.1, 0.15) is 5.75 Å². The predicted octanol–water partition coefficient (Wildman–Crippen LogP) is 3.94. The van der Waals surface area contributed by atoms with Crippen LogP contribution in [0.4, 0.5) is 0 Å². The monoisotopic (exact) mass is 281 g/mol. The van der Waals surface area contributed by atoms with Gasteiger partial charge in [-0.15, -0.1) is 0 Å². The number of aryl methyl sites for hydroxylation is 2. The number of hydrogen-bond acceptors (Lipinski definition) is 2. The Bertz CT molecular complexity index is 648. The highest BCUT2D eigenvalue weighted by atomic mass is 16.5. The van der Waals surface area contributed by atoms with Gasteiger partial charge in [-0.2, -0.15) is 0 Å². The van der Waals surface area contributed by atoms with Gasteiger partial charge in [0.2, 0.25) is 0 Å². The third-order valence-electron chi connectivity index (χ3n) is 4.22. The molecule has 2 aromatic rings. The number of ether oxygens (including phenoxy) is 1. The Morgan fingerprint density at radius 2 is 1.90 bits per heavy atom. The van der Waals surface area contributed by atoms with Gasteiger partial charge in [-0.05, 0) is 61.6 Å². The van der Waals surface area contributed by atoms with E-state index in [2.05, 4.69) is 55.6 Å². The molecule has 0 radical (unpaired) electrons. The fraction of sp³-hybridized carbons (Fsp3) is 0.368. The smallest absolute Gasteiger partial charge is 0.119 e. The fourth-order valence-electron chi connectivity index (χ4n) is 3.22. The van der Waals surface area contributed by atoms with Crippen LogP contribution in [0, 0.1) is 13.8 Å². The lowest BCUT2D eigenvalue weighted by atomic mass is 9.87. The highest BCUT2D eigenvalue weighted by Gasteiger charge is 2.22. The van der Waals surface area contributed by atoms with Gasteiger partial charge in [-0.1, -0.05) is 29.8 Å². The van der Waals surface area contributed by atoms with E-state index >= 15 is 0 Å². The molecule has 1 N–H and O–H groups in total. The van der Waals surface area contributed by atoms with Crippen molar-refractivity contribution in [2.45, 2.75) is 33.2 Å². The zero-order chi connectivity index (χ0) is 14.8. The van der Waals surface area contributed by atoms with E-state index in [1.807, 2.05) is 6.92 Å². The van der Waals surface area contributed by atoms with E-state index in [1.54, 1.807) is 0 Å². The molecular weight excluding hydrogens is 258 g/mol. The lowest BCUT2D eigenvalue weighted by molar-refractivity contribution is 0.339. The van der Waals surface area contributed by atoms with E-state index in [4.69, 9.17) is 4.74 Å². The third kappa shape index (κ3) is 2.81. The minimum Gasteiger partial charge on any atom is -0.494 e. The normalized spacial score (nSPS) is 17.4. The molecule has 2 nitrogen and oxygen atoms in total. The molecule has 0 bridgehead atoms. The minimum absolute atomic E-state index is 0.296. The molecular formula is C19H23NO. The summed E-state index contributed by atoms with van der Waals surface area (Å²) in [6.07, 6.45) is 1.07. The van der Waals surface area contributed by atoms with Crippen molar-refractivity contribution < 1.29 is 4.74 Å². The zero-order valence-electron chi connectivity index (χ0n) is 13.1. The van der Waals surface area contributed by atoms with Crippen molar-refractivity contribution in [1.82, 2.24) is 5.32 Å². The third-order valence-corrected chi connectivity index (χ3v) is 4.22. The molecule has 110 valence electrons. The Labute approximate surface area is 127 Å². The molecule has 2 heteroatoms. The average molecular weight is 281 g/mol. The molecule has 0 aromatic heterocycles. The summed E-state index contributed by atoms with van der Waals surface area (Å²) in [5.74, 6) is 0.984. The van der Waals surface area contributed by atoms with Gasteiger partial charge in [-0.3, -0.25) is 0 Å². The summed E-state index contributed by atoms with van der Waals surface area (Å²) >= 11 is 0. The Morgan fingerprint density at radius 3 is 2.67 bits per heavy atom. The van der Waals surface area contributed by atoms with Gasteiger partial charge in [0.25, 0.3) is 0 Å². The van der Waals surface area contributed by atoms with Crippen molar-refractivity contribution in [3.05, 3.63) is 64.2 Å². The van der Waals surface area contributed by atoms with Gasteiger partial charge in [0.15, 0.2) is 0 Å². The topological polar surface area (TPSA) is 21.3 Å². The van der Waals surface area contributed by atoms with Gasteiger partial charge in [-0.25, -0.2) is 0 Å². The van der Waals surface area contributed by atoms with Crippen molar-refractivity contribution in [3.63, 3.8) is 0 Å². The number of fused-ring (bicyclic) bond motifs is 1. The van der Waals surface area contributed by atoms with Crippen LogP contribution in [0.2, 0.25) is 0 Å². The molecule has 0 saturated heterocycles. The summed E-state index contributed by atoms with van der Waals surface area (Å²) < 4.78 is 5.63. The lowest BCUT2D eigenvalue weighted by Crippen LogP contribution is -2.31. The van der Waals surface area contributed by atoms with Crippen LogP contribution in [0.3, 0.4) is 0 Å². The number of rotatable bonds is 3. The Balaban J connectivity index is 2.00. The molecule has 1 aliphatic rings. The SMILES string of the molecule is CCOc1ccc2c(c1)CCNC2c1ccc(C)cc1C. The zero-order valence-corrected chi connectivity index (χ0v) is 13.1. The van der Waals surface area contributed by atoms with E-state index in [1.165, 1.54) is 27.8 Å². The summed E-state index contributed by atoms with van der Waals surface area (Å²) in [7, 11) is 0. The molecule has 3 rings (SSSR count). The number of nitrogens with one attached hydrogen (secondary N) is 1. The van der Waals surface area contributed by atoms with E-state index in [0.29, 0.717) is 6.04 Å². The first-order valence-corrected chi connectivity index (χ1v) is 7.75. The van der Waals surface area contributed by atoms with Crippen LogP contribution < -0.4 is 10.1 Å². The maximum absolute atomic E-state index is 5.63. The first-order chi connectivity index (χ1) is 10.2. The Kier molecular flexibility index (Phi) is 3.98. The molecule has 0 fully saturated rings. The van der Waals surface area contributed by atoms with E-state index < -0.39 is 0 Å². The molecule has 0 spiro atoms. The van der Waals surface area contributed by atoms with E-state index in [9.17, 15) is 0 Å². The number of benzene rings is 2. The lowest BCUT2D eigenvalue weighted by Gasteiger charge is -2.29. The molecule has 21 heavy (non-hydrogen) atoms. The molecule has 2 aromatic carbocycles. The molecule has 1 aliphatic heterocycles. The van der Waals surface area contributed by atoms with Gasteiger partial charge in [0, 0.05) is 6.54 Å². The van der Waals surface area contributed by atoms with E-state index in [-0.39, 0.29) is 0 Å². The van der Waals surface area contributed by atoms with Crippen LogP contribution in [0.5, 0.6) is 5.75 Å². The van der Waals surface area contributed by atoms with Crippen LogP contribution in [0.1, 0.15) is 40.8 Å². The minimum atomic E-state index is 0.296. The molecule has 1 heterocycles. The Hall–Kier alpha value is -1.80. The summed E-state index contributed by atoms with van der Waals surface area (Å²) in [6.45, 7) is 8.11. The maximum Gasteiger partial charge on any atom is 0.119 e. The van der Waals surface area contributed by atoms with Crippen molar-refractivity contribution >= 4 is 0 Å². The Morgan fingerprint density at radius 1 is 1.10 bits per heavy atom. The highest BCUT2D eigenvalue weighted by molar-refractivity contribution is 5.46. The average Bonchev–Trinajstić information content (AvgIpc) is 2.47. The largest absolute Gasteiger partial charge is 0.494 e. The van der Waals surface area contributed by atoms with Crippen molar-refractivity contribution in [1.29, 1.82) is 0 Å². The maximum atomic E-state index is 5.63. The predicted molar refractivity (Wildman–Crippen MR) is 87.1 cm³/mol. The first-order valence-electron chi connectivity index (χ1n) is 7.75. The molecule has 0 saturated carbocycles. The second kappa shape index (κ2) is 5.90. The van der Waals surface area contributed by atoms with Gasteiger partial charge in [0.05, 0.1) is 12.6 Å². The van der Waals surface area contributed by atoms with Crippen LogP contribution in [0.15, 0.2) is 36.4 Å². The molecule has 1 atom stereocenters. The summed E-state index contributed by atoms with van der Waals surface area (Å²) in [5.41, 5.74) is 6.85. The van der Waals surface area contributed by atoms with Crippen molar-refractivity contribution in [3.8, 4) is 5.75 Å². The van der Waals surface area contributed by atoms with Crippen molar-refractivity contribution in [2.24, 2.45) is 0 Å². The van der Waals surface area contributed by atoms with Crippen LogP contribution in [0.25, 0.3) is 0 Å². The second-order valence-electron chi connectivity index (χ2n) is 5.79. The molecule has 0 aliphatic carbocycles. The van der Waals surface area contributed by atoms with Gasteiger partial charge >= 0.3 is 0 Å². The molecule has 1 unspecified atom stereocenters. The summed E-state index contributed by atoms with van der Waals surface area (Å²) in [4.78, 5) is 0. The molecule has 0 amide bonds. The highest BCUT2D eigenvalue weighted by Crippen LogP contribution is 2.32. The van der Waals surface area contributed by atoms with Crippen molar-refractivity contribution in [2.75, 3.05) is 13.2 Å². The quantitative estimate of drug-likeness (QED) is 0.920. The van der Waals surface area contributed by atoms with Crippen LogP contribution in [-0.4, -0.2) is 13.2 Å². The summed E-state index contributed by atoms with van der Waals surface area (Å²) in [6, 6.07) is 13.5. The second-order valence-corrected chi connectivity index (χ2v) is 5.79. The van der Waals surface area contributed by atoms with Crippen LogP contribution >= 0.6 is 0 Å². The number of hydrogen-bond donors (Lipinski definition) is 1. The standard InChI is InChI=1S/C19H23NO/c1-4-21-16-6-8-18-15(12-16)9-10-20-19(18)17-7-5-13(2)11-14(17)3/h5-8,11-12,19-20H,4,9-10H2,1-3H3. The van der Waals surface area contributed by atoms with E-state index in [0.717, 1.165) is 25.3 Å². The summed E-state index contributed by atoms with van der Waals surface area (Å²) in [5, 5.41) is 3.66. The fourth-order valence-corrected chi connectivity index (χ4v) is 3.22. The van der Waals surface area contributed by atoms with Gasteiger partial charge < -0.3 is 10.1 Å².